The highest BCUT2D eigenvalue weighted by atomic mass is 35.5. The average Bonchev–Trinajstić information content (AvgIpc) is 2.80. The van der Waals surface area contributed by atoms with Crippen LogP contribution in [0.4, 0.5) is 17.5 Å². The van der Waals surface area contributed by atoms with E-state index < -0.39 is 0 Å². The summed E-state index contributed by atoms with van der Waals surface area (Å²) in [5.74, 6) is 0.616. The molecule has 1 aromatic heterocycles. The molecule has 0 bridgehead atoms. The van der Waals surface area contributed by atoms with Gasteiger partial charge in [-0.2, -0.15) is 4.98 Å². The maximum absolute atomic E-state index is 6.25. The number of hydrogen-bond donors (Lipinski definition) is 3. The zero-order valence-electron chi connectivity index (χ0n) is 16.1. The molecule has 1 aromatic carbocycles. The number of aromatic nitrogens is 2. The smallest absolute Gasteiger partial charge is 0.222 e. The van der Waals surface area contributed by atoms with Crippen LogP contribution in [0.25, 0.3) is 5.57 Å². The van der Waals surface area contributed by atoms with Crippen molar-refractivity contribution in [3.05, 3.63) is 69.9 Å². The monoisotopic (exact) mass is 395 g/mol. The van der Waals surface area contributed by atoms with Gasteiger partial charge in [0.2, 0.25) is 5.95 Å². The van der Waals surface area contributed by atoms with Crippen molar-refractivity contribution in [3.8, 4) is 0 Å². The van der Waals surface area contributed by atoms with Gasteiger partial charge in [0.05, 0.1) is 5.69 Å². The Morgan fingerprint density at radius 3 is 2.46 bits per heavy atom. The van der Waals surface area contributed by atoms with E-state index in [1.807, 2.05) is 37.3 Å². The van der Waals surface area contributed by atoms with E-state index in [9.17, 15) is 0 Å². The van der Waals surface area contributed by atoms with Crippen molar-refractivity contribution in [3.63, 3.8) is 0 Å². The summed E-state index contributed by atoms with van der Waals surface area (Å²) in [6.07, 6.45) is 10.5. The van der Waals surface area contributed by atoms with E-state index in [4.69, 9.17) is 28.8 Å². The van der Waals surface area contributed by atoms with Crippen LogP contribution in [0.5, 0.6) is 0 Å². The second-order valence-electron chi connectivity index (χ2n) is 7.03. The minimum Gasteiger partial charge on any atom is -0.399 e. The Bertz CT molecular complexity index is 942. The molecular weight excluding hydrogens is 370 g/mol. The molecule has 1 aliphatic rings. The second-order valence-corrected chi connectivity index (χ2v) is 7.52. The topological polar surface area (TPSA) is 104 Å². The highest BCUT2D eigenvalue weighted by Crippen LogP contribution is 2.32. The molecule has 6 N–H and O–H groups in total. The number of nitrogen functional groups attached to an aromatic ring is 3. The van der Waals surface area contributed by atoms with Crippen LogP contribution in [0.2, 0.25) is 0 Å². The Balaban J connectivity index is 1.79. The molecule has 146 valence electrons. The zero-order chi connectivity index (χ0) is 20.1. The Morgan fingerprint density at radius 2 is 1.71 bits per heavy atom. The molecule has 28 heavy (non-hydrogen) atoms. The average molecular weight is 396 g/mol. The van der Waals surface area contributed by atoms with E-state index in [0.717, 1.165) is 58.8 Å². The Morgan fingerprint density at radius 1 is 1.00 bits per heavy atom. The minimum atomic E-state index is 0.208. The predicted molar refractivity (Wildman–Crippen MR) is 119 cm³/mol. The number of halogens is 1. The molecule has 3 rings (SSSR count). The number of nitrogens with zero attached hydrogens (tertiary/aromatic N) is 2. The van der Waals surface area contributed by atoms with Crippen molar-refractivity contribution < 1.29 is 0 Å². The maximum Gasteiger partial charge on any atom is 0.222 e. The van der Waals surface area contributed by atoms with Gasteiger partial charge < -0.3 is 17.2 Å². The summed E-state index contributed by atoms with van der Waals surface area (Å²) in [6.45, 7) is 2.02. The van der Waals surface area contributed by atoms with Crippen LogP contribution in [0, 0.1) is 0 Å². The largest absolute Gasteiger partial charge is 0.399 e. The summed E-state index contributed by atoms with van der Waals surface area (Å²) < 4.78 is 0. The molecule has 0 saturated heterocycles. The quantitative estimate of drug-likeness (QED) is 0.488. The summed E-state index contributed by atoms with van der Waals surface area (Å²) in [5.41, 5.74) is 23.7. The molecule has 0 unspecified atom stereocenters. The number of allylic oxidation sites excluding steroid dienone is 6. The SMILES string of the molecule is CC1=C(c2c(N)nc(N)nc2CCCCc2ccc(N)cc2)C=CCC(Cl)=C1. The highest BCUT2D eigenvalue weighted by Gasteiger charge is 2.17. The fourth-order valence-corrected chi connectivity index (χ4v) is 3.65. The predicted octanol–water partition coefficient (Wildman–Crippen LogP) is 4.64. The lowest BCUT2D eigenvalue weighted by Crippen LogP contribution is -2.09. The molecule has 0 radical (unpaired) electrons. The standard InChI is InChI=1S/C22H26ClN5/c1-14-13-16(23)6-4-7-18(14)20-19(27-22(26)28-21(20)25)8-3-2-5-15-9-11-17(24)12-10-15/h4,7,9-13H,2-3,5-6,8,24H2,1H3,(H4,25,26,27,28). The Kier molecular flexibility index (Phi) is 6.37. The molecule has 1 heterocycles. The van der Waals surface area contributed by atoms with Crippen LogP contribution in [0.3, 0.4) is 0 Å². The number of aryl methyl sites for hydroxylation is 2. The molecule has 0 atom stereocenters. The number of benzene rings is 1. The van der Waals surface area contributed by atoms with E-state index in [1.54, 1.807) is 0 Å². The summed E-state index contributed by atoms with van der Waals surface area (Å²) in [5, 5.41) is 0.795. The third-order valence-corrected chi connectivity index (χ3v) is 5.07. The number of rotatable bonds is 6. The molecule has 0 amide bonds. The summed E-state index contributed by atoms with van der Waals surface area (Å²) in [7, 11) is 0. The van der Waals surface area contributed by atoms with Crippen LogP contribution >= 0.6 is 11.6 Å². The second kappa shape index (κ2) is 8.93. The molecular formula is C22H26ClN5. The van der Waals surface area contributed by atoms with Crippen LogP contribution in [0.1, 0.15) is 43.0 Å². The fourth-order valence-electron chi connectivity index (χ4n) is 3.40. The molecule has 0 saturated carbocycles. The minimum absolute atomic E-state index is 0.208. The molecule has 0 spiro atoms. The molecule has 0 aliphatic heterocycles. The van der Waals surface area contributed by atoms with Crippen molar-refractivity contribution in [2.45, 2.75) is 39.0 Å². The number of nitrogens with two attached hydrogens (primary N) is 3. The lowest BCUT2D eigenvalue weighted by atomic mass is 9.96. The van der Waals surface area contributed by atoms with Crippen molar-refractivity contribution >= 4 is 34.6 Å². The van der Waals surface area contributed by atoms with Crippen molar-refractivity contribution in [2.24, 2.45) is 0 Å². The summed E-state index contributed by atoms with van der Waals surface area (Å²) >= 11 is 6.23. The molecule has 6 heteroatoms. The number of anilines is 3. The van der Waals surface area contributed by atoms with Gasteiger partial charge in [-0.3, -0.25) is 0 Å². The van der Waals surface area contributed by atoms with E-state index in [1.165, 1.54) is 5.56 Å². The first-order valence-corrected chi connectivity index (χ1v) is 9.82. The van der Waals surface area contributed by atoms with E-state index >= 15 is 0 Å². The van der Waals surface area contributed by atoms with Crippen LogP contribution in [0.15, 0.2) is 53.1 Å². The highest BCUT2D eigenvalue weighted by molar-refractivity contribution is 6.30. The van der Waals surface area contributed by atoms with Gasteiger partial charge in [-0.25, -0.2) is 4.98 Å². The lowest BCUT2D eigenvalue weighted by Gasteiger charge is -2.14. The van der Waals surface area contributed by atoms with Crippen LogP contribution in [-0.2, 0) is 12.8 Å². The first kappa shape index (κ1) is 20.0. The molecule has 1 aliphatic carbocycles. The van der Waals surface area contributed by atoms with Crippen LogP contribution < -0.4 is 17.2 Å². The van der Waals surface area contributed by atoms with Gasteiger partial charge in [0.15, 0.2) is 0 Å². The van der Waals surface area contributed by atoms with Gasteiger partial charge in [0.25, 0.3) is 0 Å². The van der Waals surface area contributed by atoms with Crippen molar-refractivity contribution in [1.82, 2.24) is 9.97 Å². The maximum atomic E-state index is 6.25. The van der Waals surface area contributed by atoms with E-state index in [2.05, 4.69) is 22.1 Å². The fraction of sp³-hybridized carbons (Fsp3) is 0.273. The number of unbranched alkanes of at least 4 members (excludes halogenated alkanes) is 1. The molecule has 2 aromatic rings. The van der Waals surface area contributed by atoms with Gasteiger partial charge in [0.1, 0.15) is 5.82 Å². The first-order chi connectivity index (χ1) is 13.4. The Labute approximate surface area is 171 Å². The van der Waals surface area contributed by atoms with Gasteiger partial charge >= 0.3 is 0 Å². The van der Waals surface area contributed by atoms with Gasteiger partial charge in [-0.15, -0.1) is 0 Å². The third kappa shape index (κ3) is 4.93. The van der Waals surface area contributed by atoms with Gasteiger partial charge in [-0.05, 0) is 67.5 Å². The van der Waals surface area contributed by atoms with Gasteiger partial charge in [0, 0.05) is 22.7 Å². The zero-order valence-corrected chi connectivity index (χ0v) is 16.8. The van der Waals surface area contributed by atoms with Crippen molar-refractivity contribution in [2.75, 3.05) is 17.2 Å². The van der Waals surface area contributed by atoms with E-state index in [0.29, 0.717) is 12.2 Å². The summed E-state index contributed by atoms with van der Waals surface area (Å²) in [6, 6.07) is 8.01. The molecule has 0 fully saturated rings. The van der Waals surface area contributed by atoms with E-state index in [-0.39, 0.29) is 5.95 Å². The Hall–Kier alpha value is -2.79. The number of hydrogen-bond acceptors (Lipinski definition) is 5. The van der Waals surface area contributed by atoms with Gasteiger partial charge in [-0.1, -0.05) is 35.9 Å². The molecule has 5 nitrogen and oxygen atoms in total. The van der Waals surface area contributed by atoms with Crippen molar-refractivity contribution in [1.29, 1.82) is 0 Å². The first-order valence-electron chi connectivity index (χ1n) is 9.44. The normalized spacial score (nSPS) is 14.1. The third-order valence-electron chi connectivity index (χ3n) is 4.80. The lowest BCUT2D eigenvalue weighted by molar-refractivity contribution is 0.721. The van der Waals surface area contributed by atoms with Crippen LogP contribution in [-0.4, -0.2) is 9.97 Å². The summed E-state index contributed by atoms with van der Waals surface area (Å²) in [4.78, 5) is 8.69.